The Morgan fingerprint density at radius 3 is 2.25 bits per heavy atom. The minimum Gasteiger partial charge on any atom is -0.497 e. The van der Waals surface area contributed by atoms with E-state index in [1.54, 1.807) is 42.5 Å². The largest absolute Gasteiger partial charge is 0.497 e. The molecule has 0 saturated carbocycles. The third-order valence-corrected chi connectivity index (χ3v) is 3.69. The van der Waals surface area contributed by atoms with Gasteiger partial charge in [-0.3, -0.25) is 4.79 Å². The molecule has 1 N–H and O–H groups in total. The minimum absolute atomic E-state index is 0.340. The van der Waals surface area contributed by atoms with Gasteiger partial charge >= 0.3 is 5.97 Å². The summed E-state index contributed by atoms with van der Waals surface area (Å²) in [6.07, 6.45) is 0. The van der Waals surface area contributed by atoms with Gasteiger partial charge in [-0.2, -0.15) is 0 Å². The van der Waals surface area contributed by atoms with E-state index in [2.05, 4.69) is 19.2 Å². The van der Waals surface area contributed by atoms with Gasteiger partial charge in [-0.15, -0.1) is 0 Å². The first-order valence-corrected chi connectivity index (χ1v) is 8.84. The molecule has 2 aromatic carbocycles. The molecule has 1 amide bonds. The first-order valence-electron chi connectivity index (χ1n) is 8.84. The van der Waals surface area contributed by atoms with Crippen molar-refractivity contribution in [2.75, 3.05) is 32.8 Å². The van der Waals surface area contributed by atoms with Gasteiger partial charge in [0.25, 0.3) is 5.91 Å². The van der Waals surface area contributed by atoms with Crippen LogP contribution in [0.1, 0.15) is 24.2 Å². The fourth-order valence-electron chi connectivity index (χ4n) is 2.25. The molecule has 0 bridgehead atoms. The van der Waals surface area contributed by atoms with Crippen LogP contribution in [0, 0.1) is 5.92 Å². The number of ether oxygens (including phenoxy) is 4. The fraction of sp³-hybridized carbons (Fsp3) is 0.333. The first kappa shape index (κ1) is 21.1. The molecule has 7 nitrogen and oxygen atoms in total. The summed E-state index contributed by atoms with van der Waals surface area (Å²) in [5.74, 6) is 1.06. The molecule has 150 valence electrons. The van der Waals surface area contributed by atoms with Gasteiger partial charge in [-0.05, 0) is 42.3 Å². The maximum Gasteiger partial charge on any atom is 0.338 e. The maximum absolute atomic E-state index is 12.1. The van der Waals surface area contributed by atoms with E-state index in [0.717, 1.165) is 0 Å². The van der Waals surface area contributed by atoms with Crippen LogP contribution in [-0.4, -0.2) is 39.3 Å². The Kier molecular flexibility index (Phi) is 7.68. The number of nitrogens with one attached hydrogen (secondary N) is 1. The normalized spacial score (nSPS) is 10.3. The van der Waals surface area contributed by atoms with Crippen molar-refractivity contribution in [3.05, 3.63) is 48.0 Å². The topological polar surface area (TPSA) is 83.1 Å². The SMILES string of the molecule is COc1ccc(NC(=O)COC(=O)c2ccc(OCC(C)C)cc2)c(OC)c1. The average Bonchev–Trinajstić information content (AvgIpc) is 2.71. The molecule has 28 heavy (non-hydrogen) atoms. The highest BCUT2D eigenvalue weighted by molar-refractivity contribution is 5.96. The number of amides is 1. The lowest BCUT2D eigenvalue weighted by Crippen LogP contribution is -2.21. The van der Waals surface area contributed by atoms with Gasteiger partial charge in [0.15, 0.2) is 6.61 Å². The van der Waals surface area contributed by atoms with Crippen molar-refractivity contribution in [1.29, 1.82) is 0 Å². The number of esters is 1. The van der Waals surface area contributed by atoms with Crippen LogP contribution in [0.4, 0.5) is 5.69 Å². The van der Waals surface area contributed by atoms with E-state index in [1.807, 2.05) is 0 Å². The summed E-state index contributed by atoms with van der Waals surface area (Å²) in [6, 6.07) is 11.6. The highest BCUT2D eigenvalue weighted by Crippen LogP contribution is 2.28. The number of carbonyl (C=O) groups excluding carboxylic acids is 2. The number of methoxy groups -OCH3 is 2. The molecule has 0 saturated heterocycles. The number of carbonyl (C=O) groups is 2. The Bertz CT molecular complexity index is 801. The van der Waals surface area contributed by atoms with Crippen LogP contribution in [0.25, 0.3) is 0 Å². The van der Waals surface area contributed by atoms with E-state index in [1.165, 1.54) is 14.2 Å². The third-order valence-electron chi connectivity index (χ3n) is 3.69. The predicted octanol–water partition coefficient (Wildman–Crippen LogP) is 3.53. The summed E-state index contributed by atoms with van der Waals surface area (Å²) < 4.78 is 21.0. The molecule has 0 fully saturated rings. The summed E-state index contributed by atoms with van der Waals surface area (Å²) in [7, 11) is 3.02. The van der Waals surface area contributed by atoms with Gasteiger partial charge in [0.1, 0.15) is 17.2 Å². The van der Waals surface area contributed by atoms with Crippen molar-refractivity contribution >= 4 is 17.6 Å². The number of anilines is 1. The van der Waals surface area contributed by atoms with Gasteiger partial charge in [0, 0.05) is 6.07 Å². The molecule has 2 rings (SSSR count). The van der Waals surface area contributed by atoms with Gasteiger partial charge < -0.3 is 24.3 Å². The van der Waals surface area contributed by atoms with Crippen molar-refractivity contribution in [3.8, 4) is 17.2 Å². The number of rotatable bonds is 9. The minimum atomic E-state index is -0.591. The van der Waals surface area contributed by atoms with E-state index in [9.17, 15) is 9.59 Å². The van der Waals surface area contributed by atoms with E-state index in [4.69, 9.17) is 18.9 Å². The van der Waals surface area contributed by atoms with E-state index in [0.29, 0.717) is 41.0 Å². The summed E-state index contributed by atoms with van der Waals surface area (Å²) in [5.41, 5.74) is 0.794. The lowest BCUT2D eigenvalue weighted by atomic mass is 10.2. The molecule has 0 aliphatic carbocycles. The van der Waals surface area contributed by atoms with Crippen LogP contribution in [0.3, 0.4) is 0 Å². The zero-order valence-electron chi connectivity index (χ0n) is 16.5. The van der Waals surface area contributed by atoms with Crippen LogP contribution in [0.2, 0.25) is 0 Å². The zero-order valence-corrected chi connectivity index (χ0v) is 16.5. The van der Waals surface area contributed by atoms with E-state index >= 15 is 0 Å². The Hall–Kier alpha value is -3.22. The predicted molar refractivity (Wildman–Crippen MR) is 105 cm³/mol. The monoisotopic (exact) mass is 387 g/mol. The Balaban J connectivity index is 1.87. The molecular weight excluding hydrogens is 362 g/mol. The molecule has 0 aliphatic rings. The number of benzene rings is 2. The molecule has 0 aliphatic heterocycles. The molecule has 0 radical (unpaired) electrons. The second-order valence-corrected chi connectivity index (χ2v) is 6.42. The second kappa shape index (κ2) is 10.2. The van der Waals surface area contributed by atoms with Crippen molar-refractivity contribution in [1.82, 2.24) is 0 Å². The first-order chi connectivity index (χ1) is 13.4. The van der Waals surface area contributed by atoms with Gasteiger partial charge in [-0.1, -0.05) is 13.8 Å². The fourth-order valence-corrected chi connectivity index (χ4v) is 2.25. The quantitative estimate of drug-likeness (QED) is 0.663. The lowest BCUT2D eigenvalue weighted by Gasteiger charge is -2.12. The standard InChI is InChI=1S/C21H25NO6/c1-14(2)12-27-16-7-5-15(6-8-16)21(24)28-13-20(23)22-18-10-9-17(25-3)11-19(18)26-4/h5-11,14H,12-13H2,1-4H3,(H,22,23). The molecule has 0 heterocycles. The Morgan fingerprint density at radius 2 is 1.64 bits per heavy atom. The van der Waals surface area contributed by atoms with Crippen LogP contribution in [0.5, 0.6) is 17.2 Å². The van der Waals surface area contributed by atoms with Gasteiger partial charge in [0.2, 0.25) is 0 Å². The lowest BCUT2D eigenvalue weighted by molar-refractivity contribution is -0.119. The van der Waals surface area contributed by atoms with E-state index < -0.39 is 18.5 Å². The molecule has 0 atom stereocenters. The van der Waals surface area contributed by atoms with Crippen molar-refractivity contribution in [2.45, 2.75) is 13.8 Å². The van der Waals surface area contributed by atoms with Crippen molar-refractivity contribution in [3.63, 3.8) is 0 Å². The molecule has 0 unspecified atom stereocenters. The maximum atomic E-state index is 12.1. The highest BCUT2D eigenvalue weighted by atomic mass is 16.5. The van der Waals surface area contributed by atoms with Crippen LogP contribution in [0.15, 0.2) is 42.5 Å². The Labute approximate surface area is 164 Å². The summed E-state index contributed by atoms with van der Waals surface area (Å²) >= 11 is 0. The van der Waals surface area contributed by atoms with Gasteiger partial charge in [-0.25, -0.2) is 4.79 Å². The van der Waals surface area contributed by atoms with Crippen molar-refractivity contribution in [2.24, 2.45) is 5.92 Å². The number of hydrogen-bond donors (Lipinski definition) is 1. The molecular formula is C21H25NO6. The number of hydrogen-bond acceptors (Lipinski definition) is 6. The molecule has 0 spiro atoms. The van der Waals surface area contributed by atoms with Gasteiger partial charge in [0.05, 0.1) is 32.1 Å². The van der Waals surface area contributed by atoms with Crippen LogP contribution in [-0.2, 0) is 9.53 Å². The molecule has 0 aromatic heterocycles. The summed E-state index contributed by atoms with van der Waals surface area (Å²) in [5, 5.41) is 2.64. The third kappa shape index (κ3) is 6.19. The van der Waals surface area contributed by atoms with Crippen LogP contribution < -0.4 is 19.5 Å². The zero-order chi connectivity index (χ0) is 20.5. The Morgan fingerprint density at radius 1 is 0.964 bits per heavy atom. The molecule has 7 heteroatoms. The summed E-state index contributed by atoms with van der Waals surface area (Å²) in [4.78, 5) is 24.2. The smallest absolute Gasteiger partial charge is 0.338 e. The average molecular weight is 387 g/mol. The highest BCUT2D eigenvalue weighted by Gasteiger charge is 2.13. The van der Waals surface area contributed by atoms with Crippen LogP contribution >= 0.6 is 0 Å². The second-order valence-electron chi connectivity index (χ2n) is 6.42. The molecule has 2 aromatic rings. The van der Waals surface area contributed by atoms with E-state index in [-0.39, 0.29) is 0 Å². The van der Waals surface area contributed by atoms with Crippen molar-refractivity contribution < 1.29 is 28.5 Å². The summed E-state index contributed by atoms with van der Waals surface area (Å²) in [6.45, 7) is 4.29.